The Morgan fingerprint density at radius 2 is 2.18 bits per heavy atom. The summed E-state index contributed by atoms with van der Waals surface area (Å²) >= 11 is 5.82. The van der Waals surface area contributed by atoms with Gasteiger partial charge in [-0.1, -0.05) is 17.7 Å². The highest BCUT2D eigenvalue weighted by Crippen LogP contribution is 2.16. The van der Waals surface area contributed by atoms with Crippen molar-refractivity contribution in [2.45, 2.75) is 19.5 Å². The van der Waals surface area contributed by atoms with Gasteiger partial charge in [0.05, 0.1) is 0 Å². The van der Waals surface area contributed by atoms with Crippen LogP contribution in [0.5, 0.6) is 0 Å². The fourth-order valence-corrected chi connectivity index (χ4v) is 1.30. The largest absolute Gasteiger partial charge is 0.385 e. The number of amides is 1. The molecule has 0 saturated heterocycles. The third-order valence-electron chi connectivity index (χ3n) is 2.20. The molecule has 3 nitrogen and oxygen atoms in total. The van der Waals surface area contributed by atoms with E-state index in [-0.39, 0.29) is 5.56 Å². The predicted octanol–water partition coefficient (Wildman–Crippen LogP) is 2.00. The average Bonchev–Trinajstić information content (AvgIpc) is 2.28. The number of halogens is 3. The van der Waals surface area contributed by atoms with Gasteiger partial charge in [0.15, 0.2) is 0 Å². The van der Waals surface area contributed by atoms with Crippen LogP contribution in [0.2, 0.25) is 5.02 Å². The maximum atomic E-state index is 12.0. The minimum atomic E-state index is -2.88. The number of nitrogens with one attached hydrogen (secondary N) is 1. The van der Waals surface area contributed by atoms with E-state index in [1.165, 1.54) is 12.1 Å². The molecule has 0 aromatic heterocycles. The number of benzene rings is 1. The number of rotatable bonds is 4. The molecular weight excluding hydrogens is 252 g/mol. The second kappa shape index (κ2) is 5.93. The van der Waals surface area contributed by atoms with Crippen LogP contribution in [0.1, 0.15) is 15.9 Å². The minimum Gasteiger partial charge on any atom is -0.385 e. The summed E-state index contributed by atoms with van der Waals surface area (Å²) in [4.78, 5) is 11.5. The molecule has 0 aliphatic carbocycles. The Balaban J connectivity index is 2.61. The van der Waals surface area contributed by atoms with Gasteiger partial charge in [0.25, 0.3) is 12.3 Å². The number of hydrogen-bond acceptors (Lipinski definition) is 2. The van der Waals surface area contributed by atoms with Crippen molar-refractivity contribution in [2.75, 3.05) is 6.54 Å². The zero-order valence-corrected chi connectivity index (χ0v) is 9.84. The highest BCUT2D eigenvalue weighted by molar-refractivity contribution is 6.31. The Morgan fingerprint density at radius 1 is 1.53 bits per heavy atom. The number of aliphatic hydroxyl groups is 1. The van der Waals surface area contributed by atoms with Crippen molar-refractivity contribution in [3.05, 3.63) is 34.3 Å². The van der Waals surface area contributed by atoms with Crippen LogP contribution < -0.4 is 5.32 Å². The molecular formula is C11H12ClF2NO2. The Bertz CT molecular complexity index is 412. The predicted molar refractivity (Wildman–Crippen MR) is 60.5 cm³/mol. The summed E-state index contributed by atoms with van der Waals surface area (Å²) in [5, 5.41) is 11.5. The van der Waals surface area contributed by atoms with E-state index in [1.54, 1.807) is 13.0 Å². The van der Waals surface area contributed by atoms with Crippen LogP contribution in [0.15, 0.2) is 18.2 Å². The van der Waals surface area contributed by atoms with E-state index in [0.29, 0.717) is 5.02 Å². The fourth-order valence-electron chi connectivity index (χ4n) is 1.12. The van der Waals surface area contributed by atoms with Gasteiger partial charge in [0.1, 0.15) is 6.10 Å². The molecule has 0 heterocycles. The summed E-state index contributed by atoms with van der Waals surface area (Å²) in [5.74, 6) is -0.549. The normalized spacial score (nSPS) is 12.6. The summed E-state index contributed by atoms with van der Waals surface area (Å²) < 4.78 is 24.0. The van der Waals surface area contributed by atoms with Crippen molar-refractivity contribution in [2.24, 2.45) is 0 Å². The zero-order chi connectivity index (χ0) is 13.0. The molecule has 2 N–H and O–H groups in total. The molecule has 0 bridgehead atoms. The standard InChI is InChI=1S/C11H12ClF2NO2/c1-6-2-3-7(4-8(6)12)11(17)15-5-9(16)10(13)14/h2-4,9-10,16H,5H2,1H3,(H,15,17). The van der Waals surface area contributed by atoms with Crippen LogP contribution in [0.3, 0.4) is 0 Å². The molecule has 17 heavy (non-hydrogen) atoms. The quantitative estimate of drug-likeness (QED) is 0.873. The van der Waals surface area contributed by atoms with Crippen molar-refractivity contribution in [3.63, 3.8) is 0 Å². The van der Waals surface area contributed by atoms with Gasteiger partial charge in [-0.25, -0.2) is 8.78 Å². The minimum absolute atomic E-state index is 0.266. The number of carbonyl (C=O) groups excluding carboxylic acids is 1. The Kier molecular flexibility index (Phi) is 4.84. The smallest absolute Gasteiger partial charge is 0.265 e. The van der Waals surface area contributed by atoms with E-state index in [2.05, 4.69) is 5.32 Å². The molecule has 1 amide bonds. The second-order valence-electron chi connectivity index (χ2n) is 3.58. The van der Waals surface area contributed by atoms with Gasteiger partial charge in [-0.15, -0.1) is 0 Å². The van der Waals surface area contributed by atoms with Gasteiger partial charge in [-0.3, -0.25) is 4.79 Å². The second-order valence-corrected chi connectivity index (χ2v) is 3.98. The van der Waals surface area contributed by atoms with Crippen molar-refractivity contribution >= 4 is 17.5 Å². The third kappa shape index (κ3) is 3.94. The summed E-state index contributed by atoms with van der Waals surface area (Å²) in [6, 6.07) is 4.63. The van der Waals surface area contributed by atoms with Crippen molar-refractivity contribution in [3.8, 4) is 0 Å². The molecule has 0 fully saturated rings. The monoisotopic (exact) mass is 263 g/mol. The fraction of sp³-hybridized carbons (Fsp3) is 0.364. The molecule has 6 heteroatoms. The maximum Gasteiger partial charge on any atom is 0.265 e. The number of aryl methyl sites for hydroxylation is 1. The topological polar surface area (TPSA) is 49.3 Å². The Labute approximate surface area is 102 Å². The first-order valence-corrected chi connectivity index (χ1v) is 5.30. The third-order valence-corrected chi connectivity index (χ3v) is 2.60. The first-order chi connectivity index (χ1) is 7.91. The van der Waals surface area contributed by atoms with Gasteiger partial charge in [-0.2, -0.15) is 0 Å². The van der Waals surface area contributed by atoms with Crippen LogP contribution in [0, 0.1) is 6.92 Å². The molecule has 0 aliphatic rings. The molecule has 1 aromatic carbocycles. The first kappa shape index (κ1) is 13.9. The van der Waals surface area contributed by atoms with E-state index < -0.39 is 25.0 Å². The number of carbonyl (C=O) groups is 1. The van der Waals surface area contributed by atoms with Crippen LogP contribution >= 0.6 is 11.6 Å². The molecule has 1 rings (SSSR count). The van der Waals surface area contributed by atoms with E-state index in [1.807, 2.05) is 0 Å². The summed E-state index contributed by atoms with van der Waals surface area (Å²) in [6.45, 7) is 1.28. The Morgan fingerprint density at radius 3 is 2.71 bits per heavy atom. The van der Waals surface area contributed by atoms with E-state index >= 15 is 0 Å². The molecule has 1 aromatic rings. The highest BCUT2D eigenvalue weighted by atomic mass is 35.5. The molecule has 0 spiro atoms. The maximum absolute atomic E-state index is 12.0. The molecule has 1 atom stereocenters. The number of hydrogen-bond donors (Lipinski definition) is 2. The molecule has 1 unspecified atom stereocenters. The lowest BCUT2D eigenvalue weighted by Gasteiger charge is -2.11. The molecule has 94 valence electrons. The van der Waals surface area contributed by atoms with Crippen molar-refractivity contribution in [1.82, 2.24) is 5.32 Å². The van der Waals surface area contributed by atoms with E-state index in [4.69, 9.17) is 16.7 Å². The van der Waals surface area contributed by atoms with Gasteiger partial charge in [0, 0.05) is 17.1 Å². The summed E-state index contributed by atoms with van der Waals surface area (Å²) in [7, 11) is 0. The van der Waals surface area contributed by atoms with Gasteiger partial charge in [-0.05, 0) is 24.6 Å². The van der Waals surface area contributed by atoms with Gasteiger partial charge < -0.3 is 10.4 Å². The Hall–Kier alpha value is -1.20. The lowest BCUT2D eigenvalue weighted by molar-refractivity contribution is -0.00270. The summed E-state index contributed by atoms with van der Waals surface area (Å²) in [6.07, 6.45) is -4.74. The zero-order valence-electron chi connectivity index (χ0n) is 9.08. The molecule has 0 radical (unpaired) electrons. The van der Waals surface area contributed by atoms with Gasteiger partial charge >= 0.3 is 0 Å². The lowest BCUT2D eigenvalue weighted by Crippen LogP contribution is -2.35. The van der Waals surface area contributed by atoms with Crippen LogP contribution in [0.4, 0.5) is 8.78 Å². The summed E-state index contributed by atoms with van der Waals surface area (Å²) in [5.41, 5.74) is 1.08. The van der Waals surface area contributed by atoms with Crippen molar-refractivity contribution < 1.29 is 18.7 Å². The van der Waals surface area contributed by atoms with Crippen molar-refractivity contribution in [1.29, 1.82) is 0 Å². The van der Waals surface area contributed by atoms with Crippen LogP contribution in [-0.2, 0) is 0 Å². The van der Waals surface area contributed by atoms with Gasteiger partial charge in [0.2, 0.25) is 0 Å². The molecule has 0 aliphatic heterocycles. The SMILES string of the molecule is Cc1ccc(C(=O)NCC(O)C(F)F)cc1Cl. The average molecular weight is 264 g/mol. The van der Waals surface area contributed by atoms with Crippen LogP contribution in [0.25, 0.3) is 0 Å². The first-order valence-electron chi connectivity index (χ1n) is 4.92. The van der Waals surface area contributed by atoms with Crippen LogP contribution in [-0.4, -0.2) is 30.1 Å². The van der Waals surface area contributed by atoms with E-state index in [9.17, 15) is 13.6 Å². The lowest BCUT2D eigenvalue weighted by atomic mass is 10.1. The van der Waals surface area contributed by atoms with E-state index in [0.717, 1.165) is 5.56 Å². The highest BCUT2D eigenvalue weighted by Gasteiger charge is 2.17. The number of alkyl halides is 2. The molecule has 0 saturated carbocycles. The number of aliphatic hydroxyl groups excluding tert-OH is 1.